The van der Waals surface area contributed by atoms with E-state index >= 15 is 0 Å². The Bertz CT molecular complexity index is 763. The van der Waals surface area contributed by atoms with Crippen LogP contribution in [0.25, 0.3) is 0 Å². The average molecular weight is 271 g/mol. The molecule has 1 atom stereocenters. The minimum atomic E-state index is -0.802. The second-order valence-electron chi connectivity index (χ2n) is 4.95. The zero-order valence-corrected chi connectivity index (χ0v) is 11.4. The van der Waals surface area contributed by atoms with E-state index in [0.717, 1.165) is 11.1 Å². The highest BCUT2D eigenvalue weighted by Gasteiger charge is 2.38. The number of hydrogen-bond acceptors (Lipinski definition) is 2. The van der Waals surface area contributed by atoms with Gasteiger partial charge in [-0.3, -0.25) is 4.79 Å². The van der Waals surface area contributed by atoms with Crippen LogP contribution in [0.15, 0.2) is 78.9 Å². The smallest absolute Gasteiger partial charge is 0.174 e. The Hall–Kier alpha value is -2.92. The van der Waals surface area contributed by atoms with Crippen LogP contribution in [0.1, 0.15) is 16.7 Å². The Morgan fingerprint density at radius 2 is 1.52 bits per heavy atom. The van der Waals surface area contributed by atoms with Gasteiger partial charge in [0.15, 0.2) is 5.78 Å². The maximum absolute atomic E-state index is 12.7. The number of allylic oxidation sites excluding steroid dienone is 4. The number of rotatable bonds is 2. The monoisotopic (exact) mass is 271 g/mol. The summed E-state index contributed by atoms with van der Waals surface area (Å²) in [6, 6.07) is 19.0. The Morgan fingerprint density at radius 3 is 2.14 bits per heavy atom. The molecule has 0 radical (unpaired) electrons. The van der Waals surface area contributed by atoms with Gasteiger partial charge in [0.1, 0.15) is 5.41 Å². The van der Waals surface area contributed by atoms with Crippen molar-refractivity contribution < 1.29 is 4.79 Å². The molecule has 0 N–H and O–H groups in total. The van der Waals surface area contributed by atoms with Crippen LogP contribution >= 0.6 is 0 Å². The molecule has 0 fully saturated rings. The van der Waals surface area contributed by atoms with Gasteiger partial charge in [-0.05, 0) is 29.3 Å². The molecule has 2 nitrogen and oxygen atoms in total. The summed E-state index contributed by atoms with van der Waals surface area (Å²) in [4.78, 5) is 12.7. The number of hydrogen-bond donors (Lipinski definition) is 0. The summed E-state index contributed by atoms with van der Waals surface area (Å²) in [5.41, 5.74) is 1.59. The number of carbonyl (C=O) groups excluding carboxylic acids is 1. The van der Waals surface area contributed by atoms with Crippen molar-refractivity contribution in [1.82, 2.24) is 0 Å². The van der Waals surface area contributed by atoms with Crippen LogP contribution in [0.4, 0.5) is 0 Å². The fourth-order valence-corrected chi connectivity index (χ4v) is 2.71. The summed E-state index contributed by atoms with van der Waals surface area (Å²) in [6.45, 7) is 0. The average Bonchev–Trinajstić information content (AvgIpc) is 2.56. The fraction of sp³-hybridized carbons (Fsp3) is 0.0526. The van der Waals surface area contributed by atoms with E-state index < -0.39 is 5.41 Å². The molecule has 0 heterocycles. The molecule has 0 saturated heterocycles. The van der Waals surface area contributed by atoms with Gasteiger partial charge < -0.3 is 0 Å². The fourth-order valence-electron chi connectivity index (χ4n) is 2.71. The number of ketones is 1. The number of nitrogens with zero attached hydrogens (tertiary/aromatic N) is 1. The largest absolute Gasteiger partial charge is 0.293 e. The van der Waals surface area contributed by atoms with Crippen LogP contribution in [0.3, 0.4) is 0 Å². The van der Waals surface area contributed by atoms with Gasteiger partial charge in [0.25, 0.3) is 0 Å². The van der Waals surface area contributed by atoms with E-state index in [1.54, 1.807) is 24.3 Å². The van der Waals surface area contributed by atoms with Gasteiger partial charge in [-0.15, -0.1) is 0 Å². The van der Waals surface area contributed by atoms with Crippen LogP contribution in [-0.2, 0) is 10.2 Å². The molecule has 0 aromatic heterocycles. The van der Waals surface area contributed by atoms with Gasteiger partial charge in [-0.1, -0.05) is 60.7 Å². The van der Waals surface area contributed by atoms with E-state index in [2.05, 4.69) is 6.07 Å². The van der Waals surface area contributed by atoms with Crippen LogP contribution in [-0.4, -0.2) is 5.78 Å². The van der Waals surface area contributed by atoms with Gasteiger partial charge in [0, 0.05) is 0 Å². The molecule has 1 unspecified atom stereocenters. The van der Waals surface area contributed by atoms with Crippen molar-refractivity contribution in [2.75, 3.05) is 0 Å². The molecule has 1 aliphatic rings. The maximum atomic E-state index is 12.7. The molecule has 0 aliphatic heterocycles. The van der Waals surface area contributed by atoms with Crippen molar-refractivity contribution in [2.45, 2.75) is 5.41 Å². The highest BCUT2D eigenvalue weighted by atomic mass is 16.1. The molecule has 0 saturated carbocycles. The minimum absolute atomic E-state index is 0.0286. The topological polar surface area (TPSA) is 40.9 Å². The molecule has 0 amide bonds. The summed E-state index contributed by atoms with van der Waals surface area (Å²) in [5, 5.41) is 8.93. The third kappa shape index (κ3) is 2.09. The Labute approximate surface area is 123 Å². The van der Waals surface area contributed by atoms with Gasteiger partial charge >= 0.3 is 0 Å². The minimum Gasteiger partial charge on any atom is -0.293 e. The molecular formula is C19H13NO. The molecule has 2 aromatic rings. The molecule has 2 aromatic carbocycles. The van der Waals surface area contributed by atoms with E-state index in [1.165, 1.54) is 0 Å². The summed E-state index contributed by atoms with van der Waals surface area (Å²) in [5.74, 6) is 0.0286. The first-order valence-electron chi connectivity index (χ1n) is 6.74. The van der Waals surface area contributed by atoms with Crippen molar-refractivity contribution in [3.63, 3.8) is 0 Å². The van der Waals surface area contributed by atoms with E-state index in [-0.39, 0.29) is 5.78 Å². The SMILES string of the molecule is N#Cc1ccc(C2(c3ccccc3)C=CC=CC2=O)cc1. The van der Waals surface area contributed by atoms with Crippen LogP contribution in [0.5, 0.6) is 0 Å². The molecule has 2 heteroatoms. The normalized spacial score (nSPS) is 20.2. The van der Waals surface area contributed by atoms with Crippen LogP contribution in [0.2, 0.25) is 0 Å². The van der Waals surface area contributed by atoms with Crippen LogP contribution < -0.4 is 0 Å². The lowest BCUT2D eigenvalue weighted by atomic mass is 9.69. The first-order valence-corrected chi connectivity index (χ1v) is 6.74. The van der Waals surface area contributed by atoms with Gasteiger partial charge in [-0.25, -0.2) is 0 Å². The number of nitriles is 1. The van der Waals surface area contributed by atoms with Crippen molar-refractivity contribution in [3.05, 3.63) is 95.6 Å². The van der Waals surface area contributed by atoms with Crippen molar-refractivity contribution >= 4 is 5.78 Å². The quantitative estimate of drug-likeness (QED) is 0.838. The third-order valence-corrected chi connectivity index (χ3v) is 3.79. The van der Waals surface area contributed by atoms with Gasteiger partial charge in [0.2, 0.25) is 0 Å². The lowest BCUT2D eigenvalue weighted by molar-refractivity contribution is -0.117. The lowest BCUT2D eigenvalue weighted by Crippen LogP contribution is -2.35. The third-order valence-electron chi connectivity index (χ3n) is 3.79. The first-order chi connectivity index (χ1) is 10.3. The molecule has 1 aliphatic carbocycles. The second kappa shape index (κ2) is 5.22. The molecule has 3 rings (SSSR count). The van der Waals surface area contributed by atoms with E-state index in [1.807, 2.05) is 54.6 Å². The molecule has 21 heavy (non-hydrogen) atoms. The zero-order chi connectivity index (χ0) is 14.7. The lowest BCUT2D eigenvalue weighted by Gasteiger charge is -2.31. The van der Waals surface area contributed by atoms with E-state index in [0.29, 0.717) is 5.56 Å². The summed E-state index contributed by atoms with van der Waals surface area (Å²) >= 11 is 0. The number of benzene rings is 2. The molecule has 100 valence electrons. The standard InChI is InChI=1S/C19H13NO/c20-14-15-9-11-17(12-10-15)19(13-5-4-8-18(19)21)16-6-2-1-3-7-16/h1-13H. The highest BCUT2D eigenvalue weighted by Crippen LogP contribution is 2.37. The van der Waals surface area contributed by atoms with Crippen molar-refractivity contribution in [3.8, 4) is 6.07 Å². The first kappa shape index (κ1) is 13.1. The molecule has 0 bridgehead atoms. The van der Waals surface area contributed by atoms with E-state index in [4.69, 9.17) is 5.26 Å². The van der Waals surface area contributed by atoms with Crippen LogP contribution in [0, 0.1) is 11.3 Å². The summed E-state index contributed by atoms with van der Waals surface area (Å²) < 4.78 is 0. The highest BCUT2D eigenvalue weighted by molar-refractivity contribution is 6.05. The van der Waals surface area contributed by atoms with Gasteiger partial charge in [0.05, 0.1) is 11.6 Å². The predicted octanol–water partition coefficient (Wildman–Crippen LogP) is 3.54. The van der Waals surface area contributed by atoms with E-state index in [9.17, 15) is 4.79 Å². The zero-order valence-electron chi connectivity index (χ0n) is 11.4. The molecule has 0 spiro atoms. The number of carbonyl (C=O) groups is 1. The predicted molar refractivity (Wildman–Crippen MR) is 81.7 cm³/mol. The summed E-state index contributed by atoms with van der Waals surface area (Å²) in [7, 11) is 0. The van der Waals surface area contributed by atoms with Gasteiger partial charge in [-0.2, -0.15) is 5.26 Å². The van der Waals surface area contributed by atoms with Crippen molar-refractivity contribution in [2.24, 2.45) is 0 Å². The second-order valence-corrected chi connectivity index (χ2v) is 4.95. The Morgan fingerprint density at radius 1 is 0.857 bits per heavy atom. The Balaban J connectivity index is 2.22. The Kier molecular flexibility index (Phi) is 3.25. The maximum Gasteiger partial charge on any atom is 0.174 e. The molecular weight excluding hydrogens is 258 g/mol. The summed E-state index contributed by atoms with van der Waals surface area (Å²) in [6.07, 6.45) is 7.18. The van der Waals surface area contributed by atoms with Crippen molar-refractivity contribution in [1.29, 1.82) is 5.26 Å².